The monoisotopic (exact) mass is 215 g/mol. The third-order valence-corrected chi connectivity index (χ3v) is 2.76. The Morgan fingerprint density at radius 1 is 1.25 bits per heavy atom. The predicted molar refractivity (Wildman–Crippen MR) is 67.3 cm³/mol. The van der Waals surface area contributed by atoms with Crippen molar-refractivity contribution in [3.8, 4) is 0 Å². The normalized spacial score (nSPS) is 10.9. The molecule has 0 atom stereocenters. The quantitative estimate of drug-likeness (QED) is 0.856. The fourth-order valence-corrected chi connectivity index (χ4v) is 1.88. The van der Waals surface area contributed by atoms with Crippen LogP contribution in [0, 0.1) is 6.92 Å². The molecular formula is C13H17N3. The summed E-state index contributed by atoms with van der Waals surface area (Å²) < 4.78 is 0. The molecule has 0 unspecified atom stereocenters. The van der Waals surface area contributed by atoms with Gasteiger partial charge in [-0.2, -0.15) is 0 Å². The second-order valence-corrected chi connectivity index (χ2v) is 4.10. The Kier molecular flexibility index (Phi) is 3.04. The minimum absolute atomic E-state index is 0.606. The molecule has 3 heteroatoms. The molecule has 0 spiro atoms. The Balaban J connectivity index is 2.51. The molecule has 0 aliphatic heterocycles. The molecule has 1 aromatic heterocycles. The van der Waals surface area contributed by atoms with E-state index in [1.807, 2.05) is 25.1 Å². The fourth-order valence-electron chi connectivity index (χ4n) is 1.88. The Hall–Kier alpha value is -1.64. The Morgan fingerprint density at radius 3 is 2.81 bits per heavy atom. The van der Waals surface area contributed by atoms with Gasteiger partial charge in [0.25, 0.3) is 0 Å². The van der Waals surface area contributed by atoms with Gasteiger partial charge in [-0.3, -0.25) is 0 Å². The van der Waals surface area contributed by atoms with Gasteiger partial charge in [0.1, 0.15) is 11.6 Å². The summed E-state index contributed by atoms with van der Waals surface area (Å²) in [4.78, 5) is 8.91. The second-order valence-electron chi connectivity index (χ2n) is 4.10. The number of rotatable bonds is 3. The number of nitrogens with two attached hydrogens (primary N) is 1. The van der Waals surface area contributed by atoms with E-state index in [0.29, 0.717) is 5.82 Å². The molecule has 0 aliphatic rings. The average Bonchev–Trinajstić information content (AvgIpc) is 2.26. The molecule has 0 fully saturated rings. The van der Waals surface area contributed by atoms with Crippen molar-refractivity contribution < 1.29 is 0 Å². The molecule has 84 valence electrons. The summed E-state index contributed by atoms with van der Waals surface area (Å²) in [7, 11) is 0. The lowest BCUT2D eigenvalue weighted by molar-refractivity contribution is 0.758. The summed E-state index contributed by atoms with van der Waals surface area (Å²) in [6.07, 6.45) is 3.16. The maximum atomic E-state index is 5.98. The van der Waals surface area contributed by atoms with Crippen LogP contribution in [0.25, 0.3) is 10.9 Å². The smallest absolute Gasteiger partial charge is 0.135 e. The molecule has 0 radical (unpaired) electrons. The average molecular weight is 215 g/mol. The zero-order valence-electron chi connectivity index (χ0n) is 9.83. The van der Waals surface area contributed by atoms with Crippen LogP contribution in [0.3, 0.4) is 0 Å². The Labute approximate surface area is 95.7 Å². The summed E-state index contributed by atoms with van der Waals surface area (Å²) in [5, 5.41) is 0.989. The molecule has 1 aromatic carbocycles. The summed E-state index contributed by atoms with van der Waals surface area (Å²) in [5.41, 5.74) is 8.07. The highest BCUT2D eigenvalue weighted by atomic mass is 14.9. The van der Waals surface area contributed by atoms with Gasteiger partial charge in [0.05, 0.1) is 5.52 Å². The first-order chi connectivity index (χ1) is 7.72. The van der Waals surface area contributed by atoms with E-state index in [1.165, 1.54) is 0 Å². The highest BCUT2D eigenvalue weighted by Gasteiger charge is 2.06. The van der Waals surface area contributed by atoms with E-state index in [4.69, 9.17) is 5.73 Å². The van der Waals surface area contributed by atoms with Gasteiger partial charge in [-0.05, 0) is 25.0 Å². The van der Waals surface area contributed by atoms with Gasteiger partial charge in [-0.1, -0.05) is 25.5 Å². The number of hydrogen-bond acceptors (Lipinski definition) is 3. The maximum Gasteiger partial charge on any atom is 0.135 e. The number of unbranched alkanes of at least 4 members (excludes halogenated alkanes) is 1. The highest BCUT2D eigenvalue weighted by Crippen LogP contribution is 2.21. The van der Waals surface area contributed by atoms with Gasteiger partial charge < -0.3 is 5.73 Å². The van der Waals surface area contributed by atoms with Crippen LogP contribution >= 0.6 is 0 Å². The minimum Gasteiger partial charge on any atom is -0.383 e. The summed E-state index contributed by atoms with van der Waals surface area (Å²) >= 11 is 0. The molecule has 2 rings (SSSR count). The van der Waals surface area contributed by atoms with E-state index in [0.717, 1.165) is 41.6 Å². The first-order valence-corrected chi connectivity index (χ1v) is 5.74. The highest BCUT2D eigenvalue weighted by molar-refractivity contribution is 5.90. The molecule has 0 bridgehead atoms. The molecule has 16 heavy (non-hydrogen) atoms. The Morgan fingerprint density at radius 2 is 2.06 bits per heavy atom. The van der Waals surface area contributed by atoms with E-state index in [1.54, 1.807) is 0 Å². The maximum absolute atomic E-state index is 5.98. The lowest BCUT2D eigenvalue weighted by Crippen LogP contribution is -2.02. The number of nitrogen functional groups attached to an aromatic ring is 1. The van der Waals surface area contributed by atoms with E-state index in [9.17, 15) is 0 Å². The third-order valence-electron chi connectivity index (χ3n) is 2.76. The number of hydrogen-bond donors (Lipinski definition) is 1. The molecule has 0 aliphatic carbocycles. The molecule has 0 saturated carbocycles. The van der Waals surface area contributed by atoms with Crippen LogP contribution in [0.4, 0.5) is 5.82 Å². The van der Waals surface area contributed by atoms with Crippen molar-refractivity contribution in [3.05, 3.63) is 29.6 Å². The molecule has 1 heterocycles. The lowest BCUT2D eigenvalue weighted by Gasteiger charge is -2.06. The van der Waals surface area contributed by atoms with Crippen molar-refractivity contribution >= 4 is 16.7 Å². The number of aromatic nitrogens is 2. The number of aryl methyl sites for hydroxylation is 2. The first kappa shape index (κ1) is 10.9. The van der Waals surface area contributed by atoms with Crippen LogP contribution in [0.15, 0.2) is 18.2 Å². The number of benzene rings is 1. The van der Waals surface area contributed by atoms with Crippen LogP contribution in [-0.4, -0.2) is 9.97 Å². The lowest BCUT2D eigenvalue weighted by atomic mass is 10.1. The van der Waals surface area contributed by atoms with Gasteiger partial charge in [0.15, 0.2) is 0 Å². The van der Waals surface area contributed by atoms with Crippen LogP contribution < -0.4 is 5.73 Å². The Bertz CT molecular complexity index is 506. The zero-order chi connectivity index (χ0) is 11.5. The summed E-state index contributed by atoms with van der Waals surface area (Å²) in [6.45, 7) is 4.20. The van der Waals surface area contributed by atoms with E-state index < -0.39 is 0 Å². The van der Waals surface area contributed by atoms with Crippen LogP contribution in [0.1, 0.15) is 31.2 Å². The first-order valence-electron chi connectivity index (χ1n) is 5.74. The van der Waals surface area contributed by atoms with Crippen molar-refractivity contribution in [1.82, 2.24) is 9.97 Å². The SMILES string of the molecule is CCCCc1nc(N)c2c(C)cccc2n1. The molecular weight excluding hydrogens is 198 g/mol. The summed E-state index contributed by atoms with van der Waals surface area (Å²) in [5.74, 6) is 1.46. The molecule has 0 amide bonds. The standard InChI is InChI=1S/C13H17N3/c1-3-4-8-11-15-10-7-5-6-9(2)12(10)13(14)16-11/h5-7H,3-4,8H2,1-2H3,(H2,14,15,16). The minimum atomic E-state index is 0.606. The van der Waals surface area contributed by atoms with E-state index in [2.05, 4.69) is 16.9 Å². The second kappa shape index (κ2) is 4.47. The number of anilines is 1. The van der Waals surface area contributed by atoms with Crippen LogP contribution in [0.2, 0.25) is 0 Å². The number of fused-ring (bicyclic) bond motifs is 1. The van der Waals surface area contributed by atoms with Crippen molar-refractivity contribution in [3.63, 3.8) is 0 Å². The van der Waals surface area contributed by atoms with Gasteiger partial charge >= 0.3 is 0 Å². The van der Waals surface area contributed by atoms with Gasteiger partial charge in [-0.25, -0.2) is 9.97 Å². The van der Waals surface area contributed by atoms with Crippen LogP contribution in [-0.2, 0) is 6.42 Å². The van der Waals surface area contributed by atoms with Crippen molar-refractivity contribution in [1.29, 1.82) is 0 Å². The van der Waals surface area contributed by atoms with Crippen molar-refractivity contribution in [2.24, 2.45) is 0 Å². The van der Waals surface area contributed by atoms with Crippen molar-refractivity contribution in [2.75, 3.05) is 5.73 Å². The predicted octanol–water partition coefficient (Wildman–Crippen LogP) is 2.86. The molecule has 2 aromatic rings. The summed E-state index contributed by atoms with van der Waals surface area (Å²) in [6, 6.07) is 6.04. The molecule has 2 N–H and O–H groups in total. The topological polar surface area (TPSA) is 51.8 Å². The van der Waals surface area contributed by atoms with Crippen molar-refractivity contribution in [2.45, 2.75) is 33.1 Å². The zero-order valence-corrected chi connectivity index (χ0v) is 9.83. The largest absolute Gasteiger partial charge is 0.383 e. The molecule has 0 saturated heterocycles. The fraction of sp³-hybridized carbons (Fsp3) is 0.385. The van der Waals surface area contributed by atoms with Gasteiger partial charge in [0.2, 0.25) is 0 Å². The van der Waals surface area contributed by atoms with Crippen LogP contribution in [0.5, 0.6) is 0 Å². The van der Waals surface area contributed by atoms with Gasteiger partial charge in [0, 0.05) is 11.8 Å². The van der Waals surface area contributed by atoms with Gasteiger partial charge in [-0.15, -0.1) is 0 Å². The van der Waals surface area contributed by atoms with E-state index in [-0.39, 0.29) is 0 Å². The van der Waals surface area contributed by atoms with E-state index >= 15 is 0 Å². The number of nitrogens with zero attached hydrogens (tertiary/aromatic N) is 2. The molecule has 3 nitrogen and oxygen atoms in total. The third kappa shape index (κ3) is 1.98.